The lowest BCUT2D eigenvalue weighted by Gasteiger charge is -2.34. The molecule has 0 spiro atoms. The molecule has 1 amide bonds. The van der Waals surface area contributed by atoms with Gasteiger partial charge in [0.2, 0.25) is 5.91 Å². The Morgan fingerprint density at radius 3 is 2.41 bits per heavy atom. The number of nitriles is 1. The fraction of sp³-hybridized carbons (Fsp3) is 0.167. The number of para-hydroxylation sites is 1. The van der Waals surface area contributed by atoms with Crippen LogP contribution in [0, 0.1) is 11.3 Å². The van der Waals surface area contributed by atoms with Crippen LogP contribution in [0.1, 0.15) is 24.0 Å². The molecular formula is C24H19BrN2O2. The van der Waals surface area contributed by atoms with Crippen molar-refractivity contribution in [3.8, 4) is 11.8 Å². The van der Waals surface area contributed by atoms with Crippen LogP contribution in [-0.2, 0) is 16.9 Å². The van der Waals surface area contributed by atoms with E-state index in [0.29, 0.717) is 36.4 Å². The molecule has 0 aliphatic carbocycles. The van der Waals surface area contributed by atoms with Crippen molar-refractivity contribution in [1.29, 1.82) is 5.26 Å². The van der Waals surface area contributed by atoms with Crippen molar-refractivity contribution in [1.82, 2.24) is 0 Å². The fourth-order valence-electron chi connectivity index (χ4n) is 3.77. The first-order valence-electron chi connectivity index (χ1n) is 9.40. The van der Waals surface area contributed by atoms with Crippen molar-refractivity contribution in [2.45, 2.75) is 25.0 Å². The zero-order valence-corrected chi connectivity index (χ0v) is 17.3. The highest BCUT2D eigenvalue weighted by atomic mass is 79.9. The number of hydrogen-bond acceptors (Lipinski definition) is 3. The van der Waals surface area contributed by atoms with Crippen LogP contribution < -0.4 is 9.64 Å². The molecule has 0 N–H and O–H groups in total. The number of rotatable bonds is 5. The van der Waals surface area contributed by atoms with E-state index in [0.717, 1.165) is 10.0 Å². The van der Waals surface area contributed by atoms with E-state index < -0.39 is 5.54 Å². The SMILES string of the molecule is N#C[C@]1(c2cc(Br)ccc2OCc2ccccc2)CCC(=O)N1c1ccccc1. The number of halogens is 1. The van der Waals surface area contributed by atoms with Crippen LogP contribution in [0.4, 0.5) is 5.69 Å². The first kappa shape index (κ1) is 19.2. The van der Waals surface area contributed by atoms with Crippen LogP contribution in [0.25, 0.3) is 0 Å². The second-order valence-electron chi connectivity index (χ2n) is 6.95. The van der Waals surface area contributed by atoms with Gasteiger partial charge in [-0.15, -0.1) is 0 Å². The van der Waals surface area contributed by atoms with Gasteiger partial charge in [-0.25, -0.2) is 0 Å². The van der Waals surface area contributed by atoms with Gasteiger partial charge in [0.1, 0.15) is 12.4 Å². The van der Waals surface area contributed by atoms with Crippen LogP contribution in [0.2, 0.25) is 0 Å². The maximum atomic E-state index is 12.8. The summed E-state index contributed by atoms with van der Waals surface area (Å²) in [5.41, 5.74) is 1.33. The van der Waals surface area contributed by atoms with Crippen LogP contribution in [0.5, 0.6) is 5.75 Å². The van der Waals surface area contributed by atoms with Crippen molar-refractivity contribution in [2.75, 3.05) is 4.90 Å². The maximum absolute atomic E-state index is 12.8. The lowest BCUT2D eigenvalue weighted by atomic mass is 9.87. The van der Waals surface area contributed by atoms with Crippen LogP contribution in [0.3, 0.4) is 0 Å². The molecule has 1 heterocycles. The molecule has 0 radical (unpaired) electrons. The summed E-state index contributed by atoms with van der Waals surface area (Å²) in [6, 6.07) is 27.3. The zero-order chi connectivity index (χ0) is 20.3. The normalized spacial score (nSPS) is 18.5. The summed E-state index contributed by atoms with van der Waals surface area (Å²) >= 11 is 3.52. The van der Waals surface area contributed by atoms with Crippen LogP contribution >= 0.6 is 15.9 Å². The average molecular weight is 447 g/mol. The lowest BCUT2D eigenvalue weighted by molar-refractivity contribution is -0.117. The van der Waals surface area contributed by atoms with Gasteiger partial charge in [-0.2, -0.15) is 5.26 Å². The summed E-state index contributed by atoms with van der Waals surface area (Å²) in [7, 11) is 0. The predicted molar refractivity (Wildman–Crippen MR) is 115 cm³/mol. The van der Waals surface area contributed by atoms with Gasteiger partial charge in [0, 0.05) is 22.1 Å². The Labute approximate surface area is 178 Å². The summed E-state index contributed by atoms with van der Waals surface area (Å²) in [5, 5.41) is 10.3. The molecule has 1 saturated heterocycles. The molecule has 0 saturated carbocycles. The predicted octanol–water partition coefficient (Wildman–Crippen LogP) is 5.57. The van der Waals surface area contributed by atoms with Crippen molar-refractivity contribution >= 4 is 27.5 Å². The number of anilines is 1. The topological polar surface area (TPSA) is 53.3 Å². The number of carbonyl (C=O) groups is 1. The quantitative estimate of drug-likeness (QED) is 0.514. The third kappa shape index (κ3) is 3.64. The molecule has 3 aromatic rings. The maximum Gasteiger partial charge on any atom is 0.228 e. The lowest BCUT2D eigenvalue weighted by Crippen LogP contribution is -2.42. The van der Waals surface area contributed by atoms with E-state index in [1.54, 1.807) is 4.90 Å². The van der Waals surface area contributed by atoms with Crippen LogP contribution in [-0.4, -0.2) is 5.91 Å². The van der Waals surface area contributed by atoms with E-state index in [-0.39, 0.29) is 5.91 Å². The highest BCUT2D eigenvalue weighted by molar-refractivity contribution is 9.10. The highest BCUT2D eigenvalue weighted by Gasteiger charge is 2.49. The summed E-state index contributed by atoms with van der Waals surface area (Å²) in [4.78, 5) is 14.4. The van der Waals surface area contributed by atoms with Crippen LogP contribution in [0.15, 0.2) is 83.3 Å². The molecule has 3 aromatic carbocycles. The molecule has 1 aliphatic heterocycles. The number of carbonyl (C=O) groups excluding carboxylic acids is 1. The van der Waals surface area contributed by atoms with E-state index in [1.807, 2.05) is 78.9 Å². The van der Waals surface area contributed by atoms with Crippen molar-refractivity contribution in [3.05, 3.63) is 94.5 Å². The van der Waals surface area contributed by atoms with Gasteiger partial charge >= 0.3 is 0 Å². The highest BCUT2D eigenvalue weighted by Crippen LogP contribution is 2.46. The van der Waals surface area contributed by atoms with Crippen molar-refractivity contribution < 1.29 is 9.53 Å². The Kier molecular flexibility index (Phi) is 5.37. The van der Waals surface area contributed by atoms with Gasteiger partial charge in [-0.05, 0) is 42.3 Å². The Balaban J connectivity index is 1.78. The van der Waals surface area contributed by atoms with Crippen molar-refractivity contribution in [3.63, 3.8) is 0 Å². The molecule has 4 rings (SSSR count). The summed E-state index contributed by atoms with van der Waals surface area (Å²) in [5.74, 6) is 0.543. The Bertz CT molecular complexity index is 1060. The average Bonchev–Trinajstić information content (AvgIpc) is 3.11. The van der Waals surface area contributed by atoms with Gasteiger partial charge in [0.25, 0.3) is 0 Å². The fourth-order valence-corrected chi connectivity index (χ4v) is 4.13. The second kappa shape index (κ2) is 8.10. The number of ether oxygens (including phenoxy) is 1. The van der Waals surface area contributed by atoms with Gasteiger partial charge in [0.15, 0.2) is 5.54 Å². The number of nitrogens with zero attached hydrogens (tertiary/aromatic N) is 2. The zero-order valence-electron chi connectivity index (χ0n) is 15.7. The van der Waals surface area contributed by atoms with E-state index in [2.05, 4.69) is 22.0 Å². The third-order valence-electron chi connectivity index (χ3n) is 5.16. The molecule has 5 heteroatoms. The van der Waals surface area contributed by atoms with Gasteiger partial charge in [-0.3, -0.25) is 9.69 Å². The molecule has 0 bridgehead atoms. The Morgan fingerprint density at radius 2 is 1.72 bits per heavy atom. The molecular weight excluding hydrogens is 428 g/mol. The van der Waals surface area contributed by atoms with E-state index in [9.17, 15) is 10.1 Å². The molecule has 1 aliphatic rings. The molecule has 1 fully saturated rings. The minimum atomic E-state index is -1.12. The summed E-state index contributed by atoms with van der Waals surface area (Å²) in [6.45, 7) is 0.385. The number of benzene rings is 3. The molecule has 29 heavy (non-hydrogen) atoms. The molecule has 4 nitrogen and oxygen atoms in total. The summed E-state index contributed by atoms with van der Waals surface area (Å²) in [6.07, 6.45) is 0.725. The largest absolute Gasteiger partial charge is 0.488 e. The second-order valence-corrected chi connectivity index (χ2v) is 7.87. The third-order valence-corrected chi connectivity index (χ3v) is 5.65. The van der Waals surface area contributed by atoms with Gasteiger partial charge in [0.05, 0.1) is 6.07 Å². The first-order chi connectivity index (χ1) is 14.1. The molecule has 144 valence electrons. The molecule has 1 atom stereocenters. The number of hydrogen-bond donors (Lipinski definition) is 0. The van der Waals surface area contributed by atoms with Gasteiger partial charge in [-0.1, -0.05) is 64.5 Å². The standard InChI is InChI=1S/C24H19BrN2O2/c25-19-11-12-22(29-16-18-7-3-1-4-8-18)21(15-19)24(17-26)14-13-23(28)27(24)20-9-5-2-6-10-20/h1-12,15H,13-14,16H2/t24-/m0/s1. The minimum absolute atomic E-state index is 0.0632. The number of amides is 1. The first-order valence-corrected chi connectivity index (χ1v) is 10.2. The minimum Gasteiger partial charge on any atom is -0.488 e. The Hall–Kier alpha value is -3.10. The van der Waals surface area contributed by atoms with E-state index in [1.165, 1.54) is 0 Å². The molecule has 0 aromatic heterocycles. The summed E-state index contributed by atoms with van der Waals surface area (Å²) < 4.78 is 6.96. The van der Waals surface area contributed by atoms with E-state index >= 15 is 0 Å². The van der Waals surface area contributed by atoms with Crippen molar-refractivity contribution in [2.24, 2.45) is 0 Å². The van der Waals surface area contributed by atoms with Gasteiger partial charge < -0.3 is 4.74 Å². The Morgan fingerprint density at radius 1 is 1.03 bits per heavy atom. The monoisotopic (exact) mass is 446 g/mol. The molecule has 0 unspecified atom stereocenters. The van der Waals surface area contributed by atoms with E-state index in [4.69, 9.17) is 4.74 Å². The smallest absolute Gasteiger partial charge is 0.228 e.